The van der Waals surface area contributed by atoms with Crippen LogP contribution in [0.4, 0.5) is 0 Å². The number of hydrogen-bond donors (Lipinski definition) is 0. The molecule has 58 heavy (non-hydrogen) atoms. The van der Waals surface area contributed by atoms with E-state index in [1.807, 2.05) is 0 Å². The summed E-state index contributed by atoms with van der Waals surface area (Å²) in [5.41, 5.74) is -1.24. The molecule has 0 amide bonds. The van der Waals surface area contributed by atoms with Gasteiger partial charge in [-0.05, 0) is 57.8 Å². The van der Waals surface area contributed by atoms with Gasteiger partial charge in [-0.1, -0.05) is 178 Å². The van der Waals surface area contributed by atoms with Crippen molar-refractivity contribution >= 4 is 52.6 Å². The van der Waals surface area contributed by atoms with Gasteiger partial charge in [0.25, 0.3) is 0 Å². The molecule has 0 saturated heterocycles. The third-order valence-corrected chi connectivity index (χ3v) is 11.8. The van der Waals surface area contributed by atoms with E-state index in [-0.39, 0.29) is 34.7 Å². The van der Waals surface area contributed by atoms with Crippen molar-refractivity contribution in [1.29, 1.82) is 0 Å². The minimum absolute atomic E-state index is 0. The quantitative estimate of drug-likeness (QED) is 0.0440. The number of ketones is 3. The summed E-state index contributed by atoms with van der Waals surface area (Å²) >= 11 is 0. The first kappa shape index (κ1) is 62.6. The molecule has 0 aromatic rings. The van der Waals surface area contributed by atoms with E-state index in [9.17, 15) is 44.1 Å². The van der Waals surface area contributed by atoms with E-state index in [0.717, 1.165) is 173 Å². The summed E-state index contributed by atoms with van der Waals surface area (Å²) in [5.74, 6) is -4.04. The maximum Gasteiger partial charge on any atom is 3.00 e. The number of carbonyl (C=O) groups excluding carboxylic acids is 6. The van der Waals surface area contributed by atoms with Crippen LogP contribution in [0.3, 0.4) is 0 Å². The number of aliphatic carboxylic acids is 3. The molecule has 0 heterocycles. The van der Waals surface area contributed by atoms with Gasteiger partial charge in [0.2, 0.25) is 0 Å². The molecule has 0 spiro atoms. The molecule has 0 fully saturated rings. The van der Waals surface area contributed by atoms with E-state index >= 15 is 0 Å². The van der Waals surface area contributed by atoms with Gasteiger partial charge in [0, 0.05) is 53.4 Å². The van der Waals surface area contributed by atoms with Crippen LogP contribution in [0.25, 0.3) is 0 Å². The second kappa shape index (κ2) is 39.1. The number of rotatable bonds is 36. The summed E-state index contributed by atoms with van der Waals surface area (Å²) in [5, 5.41) is 32.2. The van der Waals surface area contributed by atoms with Crippen LogP contribution in [-0.4, -0.2) is 52.6 Å². The Hall–Kier alpha value is -2.05. The smallest absolute Gasteiger partial charge is 0.550 e. The monoisotopic (exact) mass is 835 g/mol. The van der Waals surface area contributed by atoms with Crippen molar-refractivity contribution in [2.75, 3.05) is 0 Å². The number of carboxylic acid groups (broad SMARTS) is 3. The molecular weight excluding hydrogens is 748 g/mol. The van der Waals surface area contributed by atoms with Gasteiger partial charge in [0.15, 0.2) is 0 Å². The molecule has 10 heteroatoms. The van der Waals surface area contributed by atoms with Gasteiger partial charge in [0.05, 0.1) is 0 Å². The maximum atomic E-state index is 12.4. The molecule has 0 atom stereocenters. The van der Waals surface area contributed by atoms with Gasteiger partial charge in [-0.15, -0.1) is 0 Å². The van der Waals surface area contributed by atoms with E-state index in [1.165, 1.54) is 0 Å². The number of Topliss-reactive ketones (excluding diaryl/α,β-unsaturated/α-hetero) is 3. The molecule has 0 aromatic heterocycles. The molecule has 0 aromatic carbocycles. The van der Waals surface area contributed by atoms with Gasteiger partial charge in [-0.3, -0.25) is 14.4 Å². The first-order chi connectivity index (χ1) is 27.1. The Kier molecular flexibility index (Phi) is 42.2. The average molecular weight is 835 g/mol. The normalized spacial score (nSPS) is 11.3. The van der Waals surface area contributed by atoms with Crippen LogP contribution in [0.15, 0.2) is 0 Å². The van der Waals surface area contributed by atoms with Crippen molar-refractivity contribution < 1.29 is 44.1 Å². The van der Waals surface area contributed by atoms with E-state index < -0.39 is 53.4 Å². The van der Waals surface area contributed by atoms with Crippen LogP contribution in [0, 0.1) is 16.2 Å². The zero-order valence-corrected chi connectivity index (χ0v) is 40.1. The number of hydrogen-bond acceptors (Lipinski definition) is 9. The van der Waals surface area contributed by atoms with Crippen molar-refractivity contribution in [3.05, 3.63) is 0 Å². The summed E-state index contributed by atoms with van der Waals surface area (Å²) in [6.45, 7) is 18.9. The largest absolute Gasteiger partial charge is 3.00 e. The Morgan fingerprint density at radius 1 is 0.293 bits per heavy atom. The molecule has 0 radical (unpaired) electrons. The van der Waals surface area contributed by atoms with Gasteiger partial charge in [-0.25, -0.2) is 0 Å². The van der Waals surface area contributed by atoms with Crippen LogP contribution in [0.1, 0.15) is 255 Å². The third kappa shape index (κ3) is 28.4. The number of unbranched alkanes of at least 4 members (excludes halogenated alkanes) is 9. The molecule has 0 rings (SSSR count). The van der Waals surface area contributed by atoms with Gasteiger partial charge < -0.3 is 29.7 Å². The Bertz CT molecular complexity index is 889. The van der Waals surface area contributed by atoms with Crippen molar-refractivity contribution in [3.8, 4) is 0 Å². The fourth-order valence-corrected chi connectivity index (χ4v) is 7.97. The minimum Gasteiger partial charge on any atom is -0.550 e. The predicted molar refractivity (Wildman–Crippen MR) is 233 cm³/mol. The van der Waals surface area contributed by atoms with Crippen LogP contribution in [-0.2, 0) is 28.8 Å². The first-order valence-electron chi connectivity index (χ1n) is 23.3. The van der Waals surface area contributed by atoms with E-state index in [4.69, 9.17) is 0 Å². The molecule has 0 N–H and O–H groups in total. The molecular formula is C48H87AlO9. The topological polar surface area (TPSA) is 172 Å². The van der Waals surface area contributed by atoms with Crippen molar-refractivity contribution in [2.45, 2.75) is 255 Å². The second-order valence-electron chi connectivity index (χ2n) is 16.7. The number of carboxylic acids is 3. The van der Waals surface area contributed by atoms with Gasteiger partial charge >= 0.3 is 17.4 Å². The average Bonchev–Trinajstić information content (AvgIpc) is 3.17. The van der Waals surface area contributed by atoms with Crippen molar-refractivity contribution in [1.82, 2.24) is 0 Å². The fraction of sp³-hybridized carbons (Fsp3) is 0.875. The molecule has 0 aliphatic rings. The Labute approximate surface area is 366 Å². The standard InChI is InChI=1S/3C16H30O3.Al/c3*1-4-7-10-16(11-8-5-2,12-9-6-3)14(17)13-15(18)19;/h3*4-13H2,1-3H3,(H,18,19);/q;;;+3/p-3. The van der Waals surface area contributed by atoms with Crippen LogP contribution >= 0.6 is 0 Å². The molecule has 336 valence electrons. The molecule has 0 bridgehead atoms. The summed E-state index contributed by atoms with van der Waals surface area (Å²) in [4.78, 5) is 69.4. The maximum absolute atomic E-state index is 12.4. The van der Waals surface area contributed by atoms with Gasteiger partial charge in [-0.2, -0.15) is 0 Å². The summed E-state index contributed by atoms with van der Waals surface area (Å²) < 4.78 is 0. The van der Waals surface area contributed by atoms with E-state index in [0.29, 0.717) is 0 Å². The van der Waals surface area contributed by atoms with E-state index in [1.54, 1.807) is 0 Å². The molecule has 9 nitrogen and oxygen atoms in total. The summed E-state index contributed by atoms with van der Waals surface area (Å²) in [6.07, 6.45) is 24.5. The zero-order valence-electron chi connectivity index (χ0n) is 39.0. The van der Waals surface area contributed by atoms with Crippen molar-refractivity contribution in [2.24, 2.45) is 16.2 Å². The summed E-state index contributed by atoms with van der Waals surface area (Å²) in [6, 6.07) is 0. The predicted octanol–water partition coefficient (Wildman–Crippen LogP) is 9.38. The summed E-state index contributed by atoms with van der Waals surface area (Å²) in [7, 11) is 0. The second-order valence-corrected chi connectivity index (χ2v) is 16.7. The molecule has 0 saturated carbocycles. The molecule has 0 unspecified atom stereocenters. The Morgan fingerprint density at radius 3 is 0.500 bits per heavy atom. The molecule has 0 aliphatic carbocycles. The van der Waals surface area contributed by atoms with Crippen molar-refractivity contribution in [3.63, 3.8) is 0 Å². The zero-order chi connectivity index (χ0) is 44.2. The van der Waals surface area contributed by atoms with Crippen LogP contribution in [0.2, 0.25) is 0 Å². The minimum atomic E-state index is -1.24. The third-order valence-electron chi connectivity index (χ3n) is 11.8. The first-order valence-corrected chi connectivity index (χ1v) is 23.3. The Balaban J connectivity index is -0.000000374. The Morgan fingerprint density at radius 2 is 0.414 bits per heavy atom. The van der Waals surface area contributed by atoms with Crippen LogP contribution in [0.5, 0.6) is 0 Å². The fourth-order valence-electron chi connectivity index (χ4n) is 7.97. The van der Waals surface area contributed by atoms with Gasteiger partial charge in [0.1, 0.15) is 17.3 Å². The number of carbonyl (C=O) groups is 6. The van der Waals surface area contributed by atoms with Crippen LogP contribution < -0.4 is 15.3 Å². The van der Waals surface area contributed by atoms with E-state index in [2.05, 4.69) is 62.3 Å². The molecule has 0 aliphatic heterocycles. The SMILES string of the molecule is CCCCC(CCCC)(CCCC)C(=O)CC(=O)[O-].CCCCC(CCCC)(CCCC)C(=O)CC(=O)[O-].CCCCC(CCCC)(CCCC)C(=O)CC(=O)[O-].[Al+3].